The number of hydrogen-bond donors (Lipinski definition) is 2. The Kier molecular flexibility index (Phi) is 5.92. The van der Waals surface area contributed by atoms with Gasteiger partial charge in [-0.15, -0.1) is 0 Å². The molecule has 0 aromatic carbocycles. The molecule has 1 atom stereocenters. The van der Waals surface area contributed by atoms with Crippen LogP contribution in [0.1, 0.15) is 50.0 Å². The number of hydrogen-bond acceptors (Lipinski definition) is 3. The average Bonchev–Trinajstić information content (AvgIpc) is 2.31. The Bertz CT molecular complexity index is 410. The minimum absolute atomic E-state index is 0.109. The van der Waals surface area contributed by atoms with Gasteiger partial charge in [0.15, 0.2) is 5.69 Å². The Morgan fingerprint density at radius 2 is 2.22 bits per heavy atom. The molecule has 0 saturated heterocycles. The highest BCUT2D eigenvalue weighted by Gasteiger charge is 2.12. The summed E-state index contributed by atoms with van der Waals surface area (Å²) < 4.78 is 0. The maximum Gasteiger partial charge on any atom is 0.356 e. The Hall–Kier alpha value is -1.29. The van der Waals surface area contributed by atoms with Gasteiger partial charge in [-0.1, -0.05) is 37.8 Å². The van der Waals surface area contributed by atoms with Gasteiger partial charge in [-0.05, 0) is 25.5 Å². The molecular formula is C13H19ClN2O2. The van der Waals surface area contributed by atoms with Crippen molar-refractivity contribution in [3.63, 3.8) is 0 Å². The van der Waals surface area contributed by atoms with Crippen molar-refractivity contribution in [3.05, 3.63) is 22.8 Å². The first kappa shape index (κ1) is 14.8. The van der Waals surface area contributed by atoms with Gasteiger partial charge >= 0.3 is 5.97 Å². The lowest BCUT2D eigenvalue weighted by Gasteiger charge is -2.14. The van der Waals surface area contributed by atoms with Crippen LogP contribution in [0.25, 0.3) is 0 Å². The number of carbonyl (C=O) groups is 1. The molecule has 4 nitrogen and oxygen atoms in total. The van der Waals surface area contributed by atoms with Gasteiger partial charge in [0, 0.05) is 6.04 Å². The summed E-state index contributed by atoms with van der Waals surface area (Å²) in [5.74, 6) is -0.553. The van der Waals surface area contributed by atoms with Crippen LogP contribution < -0.4 is 5.32 Å². The molecule has 1 heterocycles. The van der Waals surface area contributed by atoms with Crippen molar-refractivity contribution in [1.82, 2.24) is 4.98 Å². The molecule has 0 bridgehead atoms. The maximum absolute atomic E-state index is 10.9. The smallest absolute Gasteiger partial charge is 0.356 e. The Morgan fingerprint density at radius 3 is 2.83 bits per heavy atom. The number of pyridine rings is 1. The van der Waals surface area contributed by atoms with Crippen molar-refractivity contribution < 1.29 is 9.90 Å². The molecule has 100 valence electrons. The zero-order valence-electron chi connectivity index (χ0n) is 10.7. The van der Waals surface area contributed by atoms with Gasteiger partial charge in [0.25, 0.3) is 0 Å². The number of aromatic nitrogens is 1. The van der Waals surface area contributed by atoms with Crippen LogP contribution in [0.3, 0.4) is 0 Å². The predicted octanol–water partition coefficient (Wildman–Crippen LogP) is 3.81. The molecule has 0 aliphatic carbocycles. The molecule has 0 fully saturated rings. The van der Waals surface area contributed by atoms with Crippen molar-refractivity contribution in [2.24, 2.45) is 0 Å². The molecule has 18 heavy (non-hydrogen) atoms. The largest absolute Gasteiger partial charge is 0.476 e. The van der Waals surface area contributed by atoms with Crippen molar-refractivity contribution in [3.8, 4) is 0 Å². The number of aromatic carboxylic acids is 1. The van der Waals surface area contributed by atoms with Crippen LogP contribution in [-0.2, 0) is 0 Å². The lowest BCUT2D eigenvalue weighted by atomic mass is 10.1. The van der Waals surface area contributed by atoms with Gasteiger partial charge in [-0.25, -0.2) is 9.78 Å². The standard InChI is InChI=1S/C13H19ClN2O2/c1-3-4-5-6-9(2)15-11-8-7-10(14)12(16-11)13(17)18/h7-9H,3-6H2,1-2H3,(H,15,16)(H,17,18). The third-order valence-corrected chi connectivity index (χ3v) is 2.99. The first-order valence-electron chi connectivity index (χ1n) is 6.21. The number of anilines is 1. The van der Waals surface area contributed by atoms with Crippen molar-refractivity contribution in [2.45, 2.75) is 45.6 Å². The predicted molar refractivity (Wildman–Crippen MR) is 73.4 cm³/mol. The molecule has 0 aliphatic rings. The Labute approximate surface area is 112 Å². The zero-order valence-corrected chi connectivity index (χ0v) is 11.5. The van der Waals surface area contributed by atoms with Crippen molar-refractivity contribution >= 4 is 23.4 Å². The molecule has 5 heteroatoms. The molecule has 2 N–H and O–H groups in total. The van der Waals surface area contributed by atoms with Gasteiger partial charge in [-0.3, -0.25) is 0 Å². The summed E-state index contributed by atoms with van der Waals surface area (Å²) in [6, 6.07) is 3.52. The number of carboxylic acids is 1. The number of carboxylic acid groups (broad SMARTS) is 1. The summed E-state index contributed by atoms with van der Waals surface area (Å²) in [7, 11) is 0. The van der Waals surface area contributed by atoms with E-state index in [1.165, 1.54) is 12.8 Å². The molecule has 0 radical (unpaired) electrons. The van der Waals surface area contributed by atoms with E-state index in [1.54, 1.807) is 12.1 Å². The second kappa shape index (κ2) is 7.21. The van der Waals surface area contributed by atoms with Gasteiger partial charge in [-0.2, -0.15) is 0 Å². The number of halogens is 1. The summed E-state index contributed by atoms with van der Waals surface area (Å²) in [6.45, 7) is 4.23. The number of nitrogens with zero attached hydrogens (tertiary/aromatic N) is 1. The van der Waals surface area contributed by atoms with E-state index in [0.717, 1.165) is 12.8 Å². The first-order chi connectivity index (χ1) is 8.54. The number of nitrogens with one attached hydrogen (secondary N) is 1. The quantitative estimate of drug-likeness (QED) is 0.740. The van der Waals surface area contributed by atoms with Gasteiger partial charge in [0.05, 0.1) is 5.02 Å². The van der Waals surface area contributed by atoms with Crippen LogP contribution in [0.15, 0.2) is 12.1 Å². The summed E-state index contributed by atoms with van der Waals surface area (Å²) >= 11 is 5.76. The van der Waals surface area contributed by atoms with E-state index in [2.05, 4.69) is 24.1 Å². The summed E-state index contributed by atoms with van der Waals surface area (Å²) in [6.07, 6.45) is 4.60. The third kappa shape index (κ3) is 4.53. The molecule has 0 aliphatic heterocycles. The molecule has 1 rings (SSSR count). The third-order valence-electron chi connectivity index (χ3n) is 2.68. The van der Waals surface area contributed by atoms with E-state index < -0.39 is 5.97 Å². The highest BCUT2D eigenvalue weighted by Crippen LogP contribution is 2.18. The molecule has 0 saturated carbocycles. The van der Waals surface area contributed by atoms with Crippen LogP contribution in [-0.4, -0.2) is 22.1 Å². The van der Waals surface area contributed by atoms with Crippen molar-refractivity contribution in [1.29, 1.82) is 0 Å². The highest BCUT2D eigenvalue weighted by molar-refractivity contribution is 6.33. The van der Waals surface area contributed by atoms with Gasteiger partial charge < -0.3 is 10.4 Å². The van der Waals surface area contributed by atoms with Gasteiger partial charge in [0.1, 0.15) is 5.82 Å². The highest BCUT2D eigenvalue weighted by atomic mass is 35.5. The lowest BCUT2D eigenvalue weighted by molar-refractivity contribution is 0.0691. The minimum Gasteiger partial charge on any atom is -0.476 e. The normalized spacial score (nSPS) is 12.2. The fraction of sp³-hybridized carbons (Fsp3) is 0.538. The van der Waals surface area contributed by atoms with E-state index >= 15 is 0 Å². The SMILES string of the molecule is CCCCCC(C)Nc1ccc(Cl)c(C(=O)O)n1. The van der Waals surface area contributed by atoms with Crippen LogP contribution in [0.2, 0.25) is 5.02 Å². The van der Waals surface area contributed by atoms with Crippen LogP contribution >= 0.6 is 11.6 Å². The number of rotatable bonds is 7. The molecule has 1 aromatic rings. The van der Waals surface area contributed by atoms with E-state index in [-0.39, 0.29) is 16.8 Å². The van der Waals surface area contributed by atoms with E-state index in [9.17, 15) is 4.79 Å². The fourth-order valence-electron chi connectivity index (χ4n) is 1.70. The molecule has 0 spiro atoms. The molecular weight excluding hydrogens is 252 g/mol. The topological polar surface area (TPSA) is 62.2 Å². The molecule has 1 unspecified atom stereocenters. The van der Waals surface area contributed by atoms with E-state index in [4.69, 9.17) is 16.7 Å². The minimum atomic E-state index is -1.11. The molecule has 1 aromatic heterocycles. The van der Waals surface area contributed by atoms with E-state index in [1.807, 2.05) is 0 Å². The fourth-order valence-corrected chi connectivity index (χ4v) is 1.88. The van der Waals surface area contributed by atoms with Crippen molar-refractivity contribution in [2.75, 3.05) is 5.32 Å². The second-order valence-corrected chi connectivity index (χ2v) is 4.78. The summed E-state index contributed by atoms with van der Waals surface area (Å²) in [5, 5.41) is 12.3. The monoisotopic (exact) mass is 270 g/mol. The Morgan fingerprint density at radius 1 is 1.50 bits per heavy atom. The van der Waals surface area contributed by atoms with Crippen LogP contribution in [0, 0.1) is 0 Å². The zero-order chi connectivity index (χ0) is 13.5. The second-order valence-electron chi connectivity index (χ2n) is 4.37. The van der Waals surface area contributed by atoms with Crippen LogP contribution in [0.4, 0.5) is 5.82 Å². The van der Waals surface area contributed by atoms with E-state index in [0.29, 0.717) is 5.82 Å². The average molecular weight is 271 g/mol. The summed E-state index contributed by atoms with van der Waals surface area (Å²) in [5.41, 5.74) is -0.109. The van der Waals surface area contributed by atoms with Gasteiger partial charge in [0.2, 0.25) is 0 Å². The molecule has 0 amide bonds. The lowest BCUT2D eigenvalue weighted by Crippen LogP contribution is -2.16. The van der Waals surface area contributed by atoms with Crippen LogP contribution in [0.5, 0.6) is 0 Å². The Balaban J connectivity index is 2.62. The maximum atomic E-state index is 10.9. The summed E-state index contributed by atoms with van der Waals surface area (Å²) in [4.78, 5) is 14.9. The number of unbranched alkanes of at least 4 members (excludes halogenated alkanes) is 2. The first-order valence-corrected chi connectivity index (χ1v) is 6.58.